The number of rotatable bonds is 9. The number of ether oxygens (including phenoxy) is 4. The number of hydrogen-bond donors (Lipinski definition) is 2. The molecule has 0 bridgehead atoms. The molecule has 13 heteroatoms. The molecule has 5 aromatic rings. The zero-order chi connectivity index (χ0) is 30.0. The summed E-state index contributed by atoms with van der Waals surface area (Å²) in [4.78, 5) is 13.2. The Kier molecular flexibility index (Phi) is 7.85. The molecule has 5 rings (SSSR count). The average Bonchev–Trinajstić information content (AvgIpc) is 2.98. The molecule has 0 saturated carbocycles. The summed E-state index contributed by atoms with van der Waals surface area (Å²) in [6.45, 7) is -0.375. The number of alkyl halides is 3. The molecule has 0 amide bonds. The van der Waals surface area contributed by atoms with Crippen molar-refractivity contribution in [3.05, 3.63) is 72.4 Å². The van der Waals surface area contributed by atoms with Gasteiger partial charge in [-0.15, -0.1) is 0 Å². The molecule has 42 heavy (non-hydrogen) atoms. The number of nitrogens with zero attached hydrogens (tertiary/aromatic N) is 3. The Morgan fingerprint density at radius 3 is 2.31 bits per heavy atom. The molecule has 0 radical (unpaired) electrons. The third-order valence-corrected chi connectivity index (χ3v) is 6.40. The molecule has 0 saturated heterocycles. The number of fused-ring (bicyclic) bond motifs is 3. The second-order valence-corrected chi connectivity index (χ2v) is 9.27. The van der Waals surface area contributed by atoms with Crippen molar-refractivity contribution in [2.24, 2.45) is 5.73 Å². The van der Waals surface area contributed by atoms with Crippen LogP contribution in [0.15, 0.2) is 61.1 Å². The molecule has 2 aromatic carbocycles. The summed E-state index contributed by atoms with van der Waals surface area (Å²) < 4.78 is 74.5. The van der Waals surface area contributed by atoms with E-state index in [1.165, 1.54) is 6.20 Å². The first-order valence-corrected chi connectivity index (χ1v) is 12.5. The minimum Gasteiger partial charge on any atom is -0.493 e. The van der Waals surface area contributed by atoms with E-state index in [2.05, 4.69) is 15.0 Å². The molecule has 0 fully saturated rings. The minimum absolute atomic E-state index is 0.0864. The number of halogens is 4. The van der Waals surface area contributed by atoms with Crippen molar-refractivity contribution in [3.63, 3.8) is 0 Å². The van der Waals surface area contributed by atoms with Crippen molar-refractivity contribution in [1.82, 2.24) is 15.0 Å². The Bertz CT molecular complexity index is 1770. The maximum absolute atomic E-state index is 13.9. The minimum atomic E-state index is -4.63. The van der Waals surface area contributed by atoms with Crippen LogP contribution in [0.1, 0.15) is 5.56 Å². The standard InChI is InChI=1S/C29H25F4N5O4/c1-39-26-8-20-19-7-23(38-28(35)21(19)12-37-24(20)9-27(26)40-2)15-5-18(11-36-10-15)41-13-17(34)14-42-25-6-16(29(31,32)33)3-4-22(25)30/h3-12,17H,13-14,34H2,1-2H3,(H2,35,38)/t17-/m1/s1. The van der Waals surface area contributed by atoms with Gasteiger partial charge in [0.15, 0.2) is 23.1 Å². The maximum atomic E-state index is 13.9. The van der Waals surface area contributed by atoms with Gasteiger partial charge in [-0.3, -0.25) is 9.97 Å². The van der Waals surface area contributed by atoms with Crippen LogP contribution in [0, 0.1) is 5.82 Å². The fourth-order valence-corrected chi connectivity index (χ4v) is 4.28. The van der Waals surface area contributed by atoms with Gasteiger partial charge in [0.2, 0.25) is 0 Å². The highest BCUT2D eigenvalue weighted by Crippen LogP contribution is 2.37. The van der Waals surface area contributed by atoms with E-state index in [4.69, 9.17) is 30.4 Å². The van der Waals surface area contributed by atoms with Crippen LogP contribution in [0.3, 0.4) is 0 Å². The van der Waals surface area contributed by atoms with Gasteiger partial charge in [0.05, 0.1) is 43.2 Å². The molecule has 0 aliphatic carbocycles. The lowest BCUT2D eigenvalue weighted by atomic mass is 10.0. The van der Waals surface area contributed by atoms with Crippen LogP contribution in [0.2, 0.25) is 0 Å². The predicted octanol–water partition coefficient (Wildman–Crippen LogP) is 5.39. The molecule has 0 aliphatic heterocycles. The van der Waals surface area contributed by atoms with E-state index in [1.807, 2.05) is 12.1 Å². The highest BCUT2D eigenvalue weighted by atomic mass is 19.4. The first-order valence-electron chi connectivity index (χ1n) is 12.5. The van der Waals surface area contributed by atoms with Gasteiger partial charge in [0.25, 0.3) is 0 Å². The van der Waals surface area contributed by atoms with Gasteiger partial charge in [0.1, 0.15) is 24.8 Å². The molecule has 0 aliphatic rings. The first kappa shape index (κ1) is 28.6. The molecule has 218 valence electrons. The summed E-state index contributed by atoms with van der Waals surface area (Å²) in [5, 5.41) is 2.22. The predicted molar refractivity (Wildman–Crippen MR) is 148 cm³/mol. The van der Waals surface area contributed by atoms with Crippen LogP contribution in [0.25, 0.3) is 32.9 Å². The van der Waals surface area contributed by atoms with Crippen molar-refractivity contribution in [2.45, 2.75) is 12.2 Å². The van der Waals surface area contributed by atoms with Crippen molar-refractivity contribution in [3.8, 4) is 34.3 Å². The van der Waals surface area contributed by atoms with Gasteiger partial charge < -0.3 is 30.4 Å². The third kappa shape index (κ3) is 5.91. The number of benzene rings is 2. The second kappa shape index (κ2) is 11.5. The van der Waals surface area contributed by atoms with E-state index < -0.39 is 29.3 Å². The van der Waals surface area contributed by atoms with Gasteiger partial charge in [-0.2, -0.15) is 13.2 Å². The molecule has 0 spiro atoms. The van der Waals surface area contributed by atoms with Crippen LogP contribution in [0.5, 0.6) is 23.0 Å². The van der Waals surface area contributed by atoms with E-state index in [-0.39, 0.29) is 19.0 Å². The maximum Gasteiger partial charge on any atom is 0.416 e. The highest BCUT2D eigenvalue weighted by Gasteiger charge is 2.31. The number of methoxy groups -OCH3 is 2. The third-order valence-electron chi connectivity index (χ3n) is 6.40. The van der Waals surface area contributed by atoms with E-state index in [0.29, 0.717) is 57.6 Å². The fourth-order valence-electron chi connectivity index (χ4n) is 4.28. The lowest BCUT2D eigenvalue weighted by Crippen LogP contribution is -2.34. The largest absolute Gasteiger partial charge is 0.493 e. The molecule has 3 heterocycles. The summed E-state index contributed by atoms with van der Waals surface area (Å²) in [6, 6.07) is 8.26. The highest BCUT2D eigenvalue weighted by molar-refractivity contribution is 6.10. The number of hydrogen-bond acceptors (Lipinski definition) is 9. The fraction of sp³-hybridized carbons (Fsp3) is 0.207. The molecule has 3 aromatic heterocycles. The molecule has 0 unspecified atom stereocenters. The zero-order valence-corrected chi connectivity index (χ0v) is 22.4. The van der Waals surface area contributed by atoms with Crippen LogP contribution < -0.4 is 30.4 Å². The Balaban J connectivity index is 1.34. The van der Waals surface area contributed by atoms with Gasteiger partial charge in [0, 0.05) is 34.8 Å². The van der Waals surface area contributed by atoms with E-state index in [9.17, 15) is 17.6 Å². The lowest BCUT2D eigenvalue weighted by molar-refractivity contribution is -0.137. The number of pyridine rings is 3. The van der Waals surface area contributed by atoms with Crippen molar-refractivity contribution < 1.29 is 36.5 Å². The van der Waals surface area contributed by atoms with Gasteiger partial charge in [-0.25, -0.2) is 9.37 Å². The van der Waals surface area contributed by atoms with Crippen LogP contribution in [0.4, 0.5) is 23.4 Å². The topological polar surface area (TPSA) is 128 Å². The normalized spacial score (nSPS) is 12.4. The summed E-state index contributed by atoms with van der Waals surface area (Å²) in [5.41, 5.74) is 13.1. The lowest BCUT2D eigenvalue weighted by Gasteiger charge is -2.16. The Labute approximate surface area is 237 Å². The zero-order valence-electron chi connectivity index (χ0n) is 22.4. The quantitative estimate of drug-likeness (QED) is 0.173. The summed E-state index contributed by atoms with van der Waals surface area (Å²) >= 11 is 0. The van der Waals surface area contributed by atoms with Gasteiger partial charge in [-0.05, 0) is 41.8 Å². The molecule has 4 N–H and O–H groups in total. The monoisotopic (exact) mass is 583 g/mol. The first-order chi connectivity index (χ1) is 20.1. The Morgan fingerprint density at radius 1 is 0.833 bits per heavy atom. The summed E-state index contributed by atoms with van der Waals surface area (Å²) in [5.74, 6) is 0.193. The smallest absolute Gasteiger partial charge is 0.416 e. The molecular formula is C29H25F4N5O4. The van der Waals surface area contributed by atoms with E-state index in [1.54, 1.807) is 38.7 Å². The van der Waals surface area contributed by atoms with Crippen molar-refractivity contribution >= 4 is 27.5 Å². The SMILES string of the molecule is COc1cc2ncc3c(N)nc(-c4cncc(OC[C@@H](N)COc5cc(C(F)(F)F)ccc5F)c4)cc3c2cc1OC. The summed E-state index contributed by atoms with van der Waals surface area (Å²) in [7, 11) is 3.09. The van der Waals surface area contributed by atoms with Gasteiger partial charge in [-0.1, -0.05) is 0 Å². The van der Waals surface area contributed by atoms with Crippen LogP contribution in [-0.4, -0.2) is 48.4 Å². The van der Waals surface area contributed by atoms with Crippen LogP contribution in [-0.2, 0) is 6.18 Å². The number of aromatic nitrogens is 3. The average molecular weight is 584 g/mol. The second-order valence-electron chi connectivity index (χ2n) is 9.27. The number of nitrogens with two attached hydrogens (primary N) is 2. The van der Waals surface area contributed by atoms with Crippen LogP contribution >= 0.6 is 0 Å². The molecular weight excluding hydrogens is 558 g/mol. The summed E-state index contributed by atoms with van der Waals surface area (Å²) in [6.07, 6.45) is 0.0590. The van der Waals surface area contributed by atoms with Gasteiger partial charge >= 0.3 is 6.18 Å². The molecule has 9 nitrogen and oxygen atoms in total. The van der Waals surface area contributed by atoms with Crippen molar-refractivity contribution in [2.75, 3.05) is 33.2 Å². The number of nitrogen functional groups attached to an aromatic ring is 1. The Morgan fingerprint density at radius 2 is 1.57 bits per heavy atom. The molecule has 1 atom stereocenters. The van der Waals surface area contributed by atoms with Crippen molar-refractivity contribution in [1.29, 1.82) is 0 Å². The van der Waals surface area contributed by atoms with E-state index >= 15 is 0 Å². The number of anilines is 1. The van der Waals surface area contributed by atoms with E-state index in [0.717, 1.165) is 10.8 Å². The Hall–Kier alpha value is -4.91.